The van der Waals surface area contributed by atoms with Gasteiger partial charge in [-0.2, -0.15) is 0 Å². The summed E-state index contributed by atoms with van der Waals surface area (Å²) in [6, 6.07) is 20.4. The number of Topliss-reactive ketones (excluding diaryl/α,β-unsaturated/α-hetero) is 1. The number of nitrogens with one attached hydrogen (secondary N) is 1. The van der Waals surface area contributed by atoms with Gasteiger partial charge in [-0.3, -0.25) is 4.79 Å². The minimum absolute atomic E-state index is 0.0349. The Morgan fingerprint density at radius 2 is 1.62 bits per heavy atom. The van der Waals surface area contributed by atoms with E-state index >= 15 is 0 Å². The first kappa shape index (κ1) is 16.3. The van der Waals surface area contributed by atoms with Gasteiger partial charge in [-0.25, -0.2) is 4.39 Å². The number of benzene rings is 3. The molecule has 0 fully saturated rings. The lowest BCUT2D eigenvalue weighted by molar-refractivity contribution is 0.0982. The summed E-state index contributed by atoms with van der Waals surface area (Å²) in [6.45, 7) is 1.45. The molecule has 0 amide bonds. The fraction of sp³-hybridized carbons (Fsp3) is 0.190. The zero-order chi connectivity index (χ0) is 16.8. The number of hydrogen-bond acceptors (Lipinski definition) is 2. The molecule has 0 aliphatic carbocycles. The van der Waals surface area contributed by atoms with Gasteiger partial charge < -0.3 is 5.32 Å². The average molecular weight is 321 g/mol. The second-order valence-electron chi connectivity index (χ2n) is 5.82. The highest BCUT2D eigenvalue weighted by atomic mass is 19.1. The van der Waals surface area contributed by atoms with Gasteiger partial charge in [0.15, 0.2) is 5.78 Å². The Balaban J connectivity index is 1.47. The van der Waals surface area contributed by atoms with Gasteiger partial charge in [-0.1, -0.05) is 42.5 Å². The summed E-state index contributed by atoms with van der Waals surface area (Å²) in [7, 11) is 0. The van der Waals surface area contributed by atoms with E-state index in [9.17, 15) is 9.18 Å². The van der Waals surface area contributed by atoms with Crippen LogP contribution in [0.3, 0.4) is 0 Å². The fourth-order valence-corrected chi connectivity index (χ4v) is 2.84. The molecule has 0 unspecified atom stereocenters. The van der Waals surface area contributed by atoms with Crippen LogP contribution in [0.4, 0.5) is 4.39 Å². The second-order valence-corrected chi connectivity index (χ2v) is 5.82. The minimum Gasteiger partial charge on any atom is -0.316 e. The van der Waals surface area contributed by atoms with Crippen molar-refractivity contribution in [2.45, 2.75) is 12.8 Å². The number of carbonyl (C=O) groups is 1. The largest absolute Gasteiger partial charge is 0.316 e. The molecule has 0 spiro atoms. The zero-order valence-electron chi connectivity index (χ0n) is 13.5. The second kappa shape index (κ2) is 7.84. The molecular formula is C21H20FNO. The van der Waals surface area contributed by atoms with Crippen LogP contribution in [0.2, 0.25) is 0 Å². The highest BCUT2D eigenvalue weighted by Gasteiger charge is 2.05. The maximum atomic E-state index is 12.9. The lowest BCUT2D eigenvalue weighted by Gasteiger charge is -2.08. The Kier molecular flexibility index (Phi) is 5.34. The van der Waals surface area contributed by atoms with E-state index in [-0.39, 0.29) is 11.6 Å². The van der Waals surface area contributed by atoms with E-state index in [0.717, 1.165) is 13.0 Å². The molecule has 1 N–H and O–H groups in total. The number of fused-ring (bicyclic) bond motifs is 1. The Morgan fingerprint density at radius 1 is 0.875 bits per heavy atom. The summed E-state index contributed by atoms with van der Waals surface area (Å²) in [5.74, 6) is -0.285. The van der Waals surface area contributed by atoms with Crippen molar-refractivity contribution in [2.75, 3.05) is 13.1 Å². The third-order valence-corrected chi connectivity index (χ3v) is 4.15. The van der Waals surface area contributed by atoms with E-state index in [0.29, 0.717) is 18.5 Å². The third kappa shape index (κ3) is 4.06. The van der Waals surface area contributed by atoms with Crippen molar-refractivity contribution in [3.8, 4) is 0 Å². The molecule has 24 heavy (non-hydrogen) atoms. The molecule has 3 aromatic rings. The summed E-state index contributed by atoms with van der Waals surface area (Å²) in [4.78, 5) is 12.0. The molecule has 0 aliphatic heterocycles. The molecule has 0 aromatic heterocycles. The Bertz CT molecular complexity index is 821. The molecule has 0 radical (unpaired) electrons. The van der Waals surface area contributed by atoms with E-state index in [1.54, 1.807) is 0 Å². The lowest BCUT2D eigenvalue weighted by atomic mass is 10.0. The summed E-state index contributed by atoms with van der Waals surface area (Å²) >= 11 is 0. The standard InChI is InChI=1S/C21H20FNO/c22-19-10-8-18(9-11-19)21(24)13-15-23-14-12-17-6-3-5-16-4-1-2-7-20(16)17/h1-11,23H,12-15H2. The van der Waals surface area contributed by atoms with E-state index in [4.69, 9.17) is 0 Å². The maximum Gasteiger partial charge on any atom is 0.164 e. The first-order chi connectivity index (χ1) is 11.7. The molecule has 2 nitrogen and oxygen atoms in total. The number of carbonyl (C=O) groups excluding carboxylic acids is 1. The van der Waals surface area contributed by atoms with E-state index in [1.165, 1.54) is 40.6 Å². The van der Waals surface area contributed by atoms with Gasteiger partial charge >= 0.3 is 0 Å². The van der Waals surface area contributed by atoms with Gasteiger partial charge in [0, 0.05) is 18.5 Å². The third-order valence-electron chi connectivity index (χ3n) is 4.15. The van der Waals surface area contributed by atoms with Crippen molar-refractivity contribution in [1.29, 1.82) is 0 Å². The van der Waals surface area contributed by atoms with Crippen molar-refractivity contribution in [2.24, 2.45) is 0 Å². The van der Waals surface area contributed by atoms with E-state index < -0.39 is 0 Å². The number of hydrogen-bond donors (Lipinski definition) is 1. The van der Waals surface area contributed by atoms with Crippen molar-refractivity contribution in [1.82, 2.24) is 5.32 Å². The maximum absolute atomic E-state index is 12.9. The number of halogens is 1. The summed E-state index contributed by atoms with van der Waals surface area (Å²) in [5, 5.41) is 5.85. The monoisotopic (exact) mass is 321 g/mol. The van der Waals surface area contributed by atoms with Crippen LogP contribution in [0, 0.1) is 5.82 Å². The first-order valence-electron chi connectivity index (χ1n) is 8.20. The van der Waals surface area contributed by atoms with Crippen LogP contribution < -0.4 is 5.32 Å². The smallest absolute Gasteiger partial charge is 0.164 e. The van der Waals surface area contributed by atoms with E-state index in [1.807, 2.05) is 6.07 Å². The Hall–Kier alpha value is -2.52. The van der Waals surface area contributed by atoms with Crippen LogP contribution in [-0.2, 0) is 6.42 Å². The van der Waals surface area contributed by atoms with Crippen molar-refractivity contribution < 1.29 is 9.18 Å². The van der Waals surface area contributed by atoms with Crippen molar-refractivity contribution in [3.63, 3.8) is 0 Å². The molecular weight excluding hydrogens is 301 g/mol. The molecule has 3 aromatic carbocycles. The van der Waals surface area contributed by atoms with Crippen molar-refractivity contribution >= 4 is 16.6 Å². The first-order valence-corrected chi connectivity index (χ1v) is 8.20. The normalized spacial score (nSPS) is 10.9. The highest BCUT2D eigenvalue weighted by Crippen LogP contribution is 2.18. The summed E-state index contributed by atoms with van der Waals surface area (Å²) in [6.07, 6.45) is 1.34. The van der Waals surface area contributed by atoms with Gasteiger partial charge in [-0.15, -0.1) is 0 Å². The minimum atomic E-state index is -0.320. The molecule has 0 aliphatic rings. The lowest BCUT2D eigenvalue weighted by Crippen LogP contribution is -2.21. The molecule has 0 heterocycles. The van der Waals surface area contributed by atoms with Crippen LogP contribution in [0.1, 0.15) is 22.3 Å². The number of rotatable bonds is 7. The predicted octanol–water partition coefficient (Wildman–Crippen LogP) is 4.38. The molecule has 0 saturated carbocycles. The Labute approximate surface area is 141 Å². The number of ketones is 1. The van der Waals surface area contributed by atoms with Crippen LogP contribution in [0.15, 0.2) is 66.7 Å². The Morgan fingerprint density at radius 3 is 2.46 bits per heavy atom. The van der Waals surface area contributed by atoms with Gasteiger partial charge in [0.05, 0.1) is 0 Å². The van der Waals surface area contributed by atoms with Crippen LogP contribution in [0.25, 0.3) is 10.8 Å². The quantitative estimate of drug-likeness (QED) is 0.517. The van der Waals surface area contributed by atoms with Gasteiger partial charge in [0.2, 0.25) is 0 Å². The summed E-state index contributed by atoms with van der Waals surface area (Å²) < 4.78 is 12.9. The van der Waals surface area contributed by atoms with Gasteiger partial charge in [-0.05, 0) is 53.6 Å². The van der Waals surface area contributed by atoms with Crippen molar-refractivity contribution in [3.05, 3.63) is 83.7 Å². The van der Waals surface area contributed by atoms with Crippen LogP contribution in [-0.4, -0.2) is 18.9 Å². The molecule has 3 heteroatoms. The van der Waals surface area contributed by atoms with Gasteiger partial charge in [0.25, 0.3) is 0 Å². The zero-order valence-corrected chi connectivity index (χ0v) is 13.5. The van der Waals surface area contributed by atoms with Crippen LogP contribution >= 0.6 is 0 Å². The topological polar surface area (TPSA) is 29.1 Å². The molecule has 0 atom stereocenters. The molecule has 122 valence electrons. The SMILES string of the molecule is O=C(CCNCCc1cccc2ccccc12)c1ccc(F)cc1. The van der Waals surface area contributed by atoms with E-state index in [2.05, 4.69) is 41.7 Å². The molecule has 0 bridgehead atoms. The molecule has 0 saturated heterocycles. The highest BCUT2D eigenvalue weighted by molar-refractivity contribution is 5.96. The van der Waals surface area contributed by atoms with Gasteiger partial charge in [0.1, 0.15) is 5.82 Å². The van der Waals surface area contributed by atoms with Crippen LogP contribution in [0.5, 0.6) is 0 Å². The summed E-state index contributed by atoms with van der Waals surface area (Å²) in [5.41, 5.74) is 1.87. The fourth-order valence-electron chi connectivity index (χ4n) is 2.84. The molecule has 3 rings (SSSR count). The average Bonchev–Trinajstić information content (AvgIpc) is 2.62. The predicted molar refractivity (Wildman–Crippen MR) is 95.9 cm³/mol.